The minimum Gasteiger partial charge on any atom is -0.456 e. The molecule has 2 aromatic rings. The van der Waals surface area contributed by atoms with Crippen LogP contribution in [0.3, 0.4) is 0 Å². The molecule has 2 aromatic carbocycles. The summed E-state index contributed by atoms with van der Waals surface area (Å²) in [4.78, 5) is 0.174. The second-order valence-corrected chi connectivity index (χ2v) is 6.16. The van der Waals surface area contributed by atoms with E-state index in [1.807, 2.05) is 12.1 Å². The van der Waals surface area contributed by atoms with E-state index < -0.39 is 9.84 Å². The lowest BCUT2D eigenvalue weighted by Gasteiger charge is -2.10. The maximum atomic E-state index is 11.7. The third-order valence-electron chi connectivity index (χ3n) is 2.61. The lowest BCUT2D eigenvalue weighted by molar-refractivity contribution is 0.467. The third kappa shape index (κ3) is 3.33. The Labute approximate surface area is 112 Å². The van der Waals surface area contributed by atoms with Gasteiger partial charge >= 0.3 is 0 Å². The van der Waals surface area contributed by atoms with Gasteiger partial charge < -0.3 is 10.5 Å². The first-order valence-corrected chi connectivity index (χ1v) is 7.66. The van der Waals surface area contributed by atoms with Crippen LogP contribution >= 0.6 is 0 Å². The van der Waals surface area contributed by atoms with Crippen molar-refractivity contribution in [3.8, 4) is 11.5 Å². The highest BCUT2D eigenvalue weighted by molar-refractivity contribution is 7.90. The predicted octanol–water partition coefficient (Wildman–Crippen LogP) is 2.34. The van der Waals surface area contributed by atoms with Crippen molar-refractivity contribution in [3.63, 3.8) is 0 Å². The minimum absolute atomic E-state index is 0.174. The molecule has 4 nitrogen and oxygen atoms in total. The highest BCUT2D eigenvalue weighted by Crippen LogP contribution is 2.28. The molecule has 0 atom stereocenters. The second-order valence-electron chi connectivity index (χ2n) is 4.17. The molecule has 0 bridgehead atoms. The Morgan fingerprint density at radius 3 is 2.53 bits per heavy atom. The van der Waals surface area contributed by atoms with Crippen LogP contribution in [-0.4, -0.2) is 14.7 Å². The Morgan fingerprint density at radius 2 is 1.84 bits per heavy atom. The number of para-hydroxylation sites is 1. The highest BCUT2D eigenvalue weighted by atomic mass is 32.2. The van der Waals surface area contributed by atoms with Crippen molar-refractivity contribution in [2.24, 2.45) is 5.73 Å². The van der Waals surface area contributed by atoms with Crippen LogP contribution in [0.2, 0.25) is 0 Å². The molecule has 0 amide bonds. The van der Waals surface area contributed by atoms with Crippen molar-refractivity contribution < 1.29 is 13.2 Å². The minimum atomic E-state index is -3.32. The molecule has 0 aliphatic carbocycles. The molecule has 19 heavy (non-hydrogen) atoms. The molecule has 0 saturated heterocycles. The molecule has 5 heteroatoms. The quantitative estimate of drug-likeness (QED) is 0.931. The number of hydrogen-bond donors (Lipinski definition) is 1. The van der Waals surface area contributed by atoms with Gasteiger partial charge in [-0.15, -0.1) is 0 Å². The fraction of sp³-hybridized carbons (Fsp3) is 0.143. The van der Waals surface area contributed by atoms with Crippen molar-refractivity contribution in [1.82, 2.24) is 0 Å². The van der Waals surface area contributed by atoms with Crippen LogP contribution in [0.1, 0.15) is 5.56 Å². The smallest absolute Gasteiger partial charge is 0.179 e. The standard InChI is InChI=1S/C14H15NO3S/c1-19(16,17)14-8-3-2-7-13(14)18-12-6-4-5-11(9-12)10-15/h2-9H,10,15H2,1H3. The summed E-state index contributed by atoms with van der Waals surface area (Å²) in [6.45, 7) is 0.408. The number of rotatable bonds is 4. The number of sulfone groups is 1. The van der Waals surface area contributed by atoms with Crippen LogP contribution in [0.4, 0.5) is 0 Å². The van der Waals surface area contributed by atoms with Crippen molar-refractivity contribution in [2.45, 2.75) is 11.4 Å². The Kier molecular flexibility index (Phi) is 3.87. The summed E-state index contributed by atoms with van der Waals surface area (Å²) in [5.41, 5.74) is 6.49. The Hall–Kier alpha value is -1.85. The third-order valence-corrected chi connectivity index (χ3v) is 3.75. The molecule has 0 aliphatic rings. The van der Waals surface area contributed by atoms with Crippen molar-refractivity contribution in [2.75, 3.05) is 6.26 Å². The van der Waals surface area contributed by atoms with E-state index in [0.29, 0.717) is 18.0 Å². The van der Waals surface area contributed by atoms with E-state index >= 15 is 0 Å². The van der Waals surface area contributed by atoms with Crippen LogP contribution < -0.4 is 10.5 Å². The van der Waals surface area contributed by atoms with E-state index in [1.165, 1.54) is 6.07 Å². The summed E-state index contributed by atoms with van der Waals surface area (Å²) < 4.78 is 29.0. The normalized spacial score (nSPS) is 11.3. The summed E-state index contributed by atoms with van der Waals surface area (Å²) in [5, 5.41) is 0. The number of hydrogen-bond acceptors (Lipinski definition) is 4. The van der Waals surface area contributed by atoms with Crippen LogP contribution in [0.25, 0.3) is 0 Å². The van der Waals surface area contributed by atoms with Gasteiger partial charge in [0, 0.05) is 12.8 Å². The van der Waals surface area contributed by atoms with Crippen LogP contribution in [-0.2, 0) is 16.4 Å². The zero-order chi connectivity index (χ0) is 13.9. The van der Waals surface area contributed by atoms with Gasteiger partial charge in [-0.1, -0.05) is 24.3 Å². The maximum Gasteiger partial charge on any atom is 0.179 e. The molecule has 2 rings (SSSR count). The maximum absolute atomic E-state index is 11.7. The molecule has 0 saturated carbocycles. The van der Waals surface area contributed by atoms with Gasteiger partial charge in [0.15, 0.2) is 9.84 Å². The largest absolute Gasteiger partial charge is 0.456 e. The number of ether oxygens (including phenoxy) is 1. The molecule has 0 aromatic heterocycles. The highest BCUT2D eigenvalue weighted by Gasteiger charge is 2.14. The first kappa shape index (κ1) is 13.6. The second kappa shape index (κ2) is 5.42. The summed E-state index contributed by atoms with van der Waals surface area (Å²) in [7, 11) is -3.32. The predicted molar refractivity (Wildman–Crippen MR) is 74.0 cm³/mol. The van der Waals surface area contributed by atoms with Gasteiger partial charge in [-0.05, 0) is 29.8 Å². The fourth-order valence-corrected chi connectivity index (χ4v) is 2.50. The van der Waals surface area contributed by atoms with Crippen molar-refractivity contribution in [3.05, 3.63) is 54.1 Å². The summed E-state index contributed by atoms with van der Waals surface area (Å²) in [6, 6.07) is 13.8. The van der Waals surface area contributed by atoms with Crippen LogP contribution in [0, 0.1) is 0 Å². The van der Waals surface area contributed by atoms with E-state index in [4.69, 9.17) is 10.5 Å². The average Bonchev–Trinajstić information content (AvgIpc) is 2.38. The molecule has 2 N–H and O–H groups in total. The van der Waals surface area contributed by atoms with Gasteiger partial charge in [0.1, 0.15) is 16.4 Å². The number of benzene rings is 2. The Bertz CT molecular complexity index is 681. The first-order valence-electron chi connectivity index (χ1n) is 5.76. The average molecular weight is 277 g/mol. The summed E-state index contributed by atoms with van der Waals surface area (Å²) in [5.74, 6) is 0.887. The van der Waals surface area contributed by atoms with Crippen molar-refractivity contribution >= 4 is 9.84 Å². The summed E-state index contributed by atoms with van der Waals surface area (Å²) in [6.07, 6.45) is 1.16. The van der Waals surface area contributed by atoms with Crippen molar-refractivity contribution in [1.29, 1.82) is 0 Å². The van der Waals surface area contributed by atoms with E-state index in [-0.39, 0.29) is 4.90 Å². The zero-order valence-electron chi connectivity index (χ0n) is 10.5. The zero-order valence-corrected chi connectivity index (χ0v) is 11.4. The Balaban J connectivity index is 2.38. The lowest BCUT2D eigenvalue weighted by Crippen LogP contribution is -2.00. The van der Waals surface area contributed by atoms with Crippen LogP contribution in [0.15, 0.2) is 53.4 Å². The monoisotopic (exact) mass is 277 g/mol. The molecule has 0 radical (unpaired) electrons. The van der Waals surface area contributed by atoms with E-state index in [2.05, 4.69) is 0 Å². The molecule has 100 valence electrons. The SMILES string of the molecule is CS(=O)(=O)c1ccccc1Oc1cccc(CN)c1. The molecule has 0 aliphatic heterocycles. The molecule has 0 spiro atoms. The molecular formula is C14H15NO3S. The van der Waals surface area contributed by atoms with E-state index in [9.17, 15) is 8.42 Å². The molecule has 0 unspecified atom stereocenters. The van der Waals surface area contributed by atoms with E-state index in [1.54, 1.807) is 30.3 Å². The number of nitrogens with two attached hydrogens (primary N) is 1. The fourth-order valence-electron chi connectivity index (χ4n) is 1.70. The lowest BCUT2D eigenvalue weighted by atomic mass is 10.2. The molecule has 0 heterocycles. The topological polar surface area (TPSA) is 69.4 Å². The molecule has 0 fully saturated rings. The molecular weight excluding hydrogens is 262 g/mol. The first-order chi connectivity index (χ1) is 9.00. The van der Waals surface area contributed by atoms with Crippen LogP contribution in [0.5, 0.6) is 11.5 Å². The summed E-state index contributed by atoms with van der Waals surface area (Å²) >= 11 is 0. The van der Waals surface area contributed by atoms with Gasteiger partial charge in [0.2, 0.25) is 0 Å². The van der Waals surface area contributed by atoms with Gasteiger partial charge in [-0.2, -0.15) is 0 Å². The van der Waals surface area contributed by atoms with Gasteiger partial charge in [0.25, 0.3) is 0 Å². The van der Waals surface area contributed by atoms with E-state index in [0.717, 1.165) is 11.8 Å². The van der Waals surface area contributed by atoms with Gasteiger partial charge in [0.05, 0.1) is 0 Å². The van der Waals surface area contributed by atoms with Gasteiger partial charge in [-0.25, -0.2) is 8.42 Å². The van der Waals surface area contributed by atoms with Gasteiger partial charge in [-0.3, -0.25) is 0 Å². The Morgan fingerprint density at radius 1 is 1.11 bits per heavy atom.